The van der Waals surface area contributed by atoms with E-state index in [-0.39, 0.29) is 11.9 Å². The average molecular weight is 344 g/mol. The first-order valence-corrected chi connectivity index (χ1v) is 8.26. The number of rotatable bonds is 9. The van der Waals surface area contributed by atoms with Crippen molar-refractivity contribution in [3.05, 3.63) is 42.4 Å². The van der Waals surface area contributed by atoms with Crippen LogP contribution in [-0.4, -0.2) is 42.2 Å². The Labute approximate surface area is 147 Å². The van der Waals surface area contributed by atoms with E-state index < -0.39 is 0 Å². The van der Waals surface area contributed by atoms with Crippen LogP contribution in [-0.2, 0) is 0 Å². The smallest absolute Gasteiger partial charge is 0.271 e. The van der Waals surface area contributed by atoms with Crippen molar-refractivity contribution in [2.24, 2.45) is 0 Å². The second-order valence-corrected chi connectivity index (χ2v) is 5.52. The minimum Gasteiger partial charge on any atom is -0.497 e. The molecule has 1 unspecified atom stereocenters. The summed E-state index contributed by atoms with van der Waals surface area (Å²) in [7, 11) is 1.63. The van der Waals surface area contributed by atoms with Crippen molar-refractivity contribution >= 4 is 11.7 Å². The van der Waals surface area contributed by atoms with Crippen LogP contribution in [0.15, 0.2) is 36.7 Å². The molecule has 0 aliphatic rings. The fourth-order valence-electron chi connectivity index (χ4n) is 1.96. The number of amides is 1. The highest BCUT2D eigenvalue weighted by Gasteiger charge is 2.10. The number of aromatic nitrogens is 2. The van der Waals surface area contributed by atoms with Gasteiger partial charge in [-0.1, -0.05) is 6.92 Å². The summed E-state index contributed by atoms with van der Waals surface area (Å²) in [4.78, 5) is 20.2. The predicted molar refractivity (Wildman–Crippen MR) is 96.2 cm³/mol. The molecule has 0 saturated heterocycles. The van der Waals surface area contributed by atoms with Gasteiger partial charge in [-0.05, 0) is 37.6 Å². The van der Waals surface area contributed by atoms with Crippen LogP contribution in [0, 0.1) is 0 Å². The zero-order valence-corrected chi connectivity index (χ0v) is 14.8. The van der Waals surface area contributed by atoms with E-state index in [1.807, 2.05) is 38.1 Å². The molecule has 1 amide bonds. The molecule has 0 aliphatic carbocycles. The van der Waals surface area contributed by atoms with Crippen LogP contribution in [0.4, 0.5) is 5.82 Å². The van der Waals surface area contributed by atoms with Crippen LogP contribution in [0.1, 0.15) is 30.8 Å². The number of methoxy groups -OCH3 is 1. The van der Waals surface area contributed by atoms with Gasteiger partial charge in [-0.2, -0.15) is 0 Å². The number of ether oxygens (including phenoxy) is 2. The van der Waals surface area contributed by atoms with Gasteiger partial charge in [0.2, 0.25) is 0 Å². The standard InChI is InChI=1S/C18H24N4O3/c1-4-13(2)22-18(23)16-11-21-17(12-20-16)19-9-10-25-15-7-5-14(24-3)6-8-15/h5-8,11-13H,4,9-10H2,1-3H3,(H,19,21)(H,22,23). The summed E-state index contributed by atoms with van der Waals surface area (Å²) in [5.41, 5.74) is 0.306. The molecule has 25 heavy (non-hydrogen) atoms. The van der Waals surface area contributed by atoms with Gasteiger partial charge in [0.05, 0.1) is 26.0 Å². The Balaban J connectivity index is 1.74. The first-order chi connectivity index (χ1) is 12.1. The van der Waals surface area contributed by atoms with Gasteiger partial charge < -0.3 is 20.1 Å². The molecule has 2 rings (SSSR count). The zero-order valence-electron chi connectivity index (χ0n) is 14.8. The Morgan fingerprint density at radius 2 is 1.88 bits per heavy atom. The lowest BCUT2D eigenvalue weighted by molar-refractivity contribution is 0.0934. The molecule has 1 heterocycles. The van der Waals surface area contributed by atoms with Gasteiger partial charge in [0.1, 0.15) is 29.6 Å². The van der Waals surface area contributed by atoms with Gasteiger partial charge in [-0.3, -0.25) is 4.79 Å². The quantitative estimate of drug-likeness (QED) is 0.680. The molecule has 7 heteroatoms. The molecule has 134 valence electrons. The maximum Gasteiger partial charge on any atom is 0.271 e. The molecule has 0 aliphatic heterocycles. The lowest BCUT2D eigenvalue weighted by Gasteiger charge is -2.11. The monoisotopic (exact) mass is 344 g/mol. The molecule has 0 fully saturated rings. The highest BCUT2D eigenvalue weighted by molar-refractivity contribution is 5.92. The maximum absolute atomic E-state index is 11.9. The molecule has 0 spiro atoms. The minimum absolute atomic E-state index is 0.113. The van der Waals surface area contributed by atoms with Gasteiger partial charge in [-0.25, -0.2) is 9.97 Å². The summed E-state index contributed by atoms with van der Waals surface area (Å²) >= 11 is 0. The Kier molecular flexibility index (Phi) is 7.00. The van der Waals surface area contributed by atoms with E-state index >= 15 is 0 Å². The number of nitrogens with zero attached hydrogens (tertiary/aromatic N) is 2. The van der Waals surface area contributed by atoms with Crippen LogP contribution in [0.3, 0.4) is 0 Å². The Hall–Kier alpha value is -2.83. The number of anilines is 1. The third kappa shape index (κ3) is 5.95. The molecular weight excluding hydrogens is 320 g/mol. The predicted octanol–water partition coefficient (Wildman–Crippen LogP) is 2.50. The van der Waals surface area contributed by atoms with Crippen LogP contribution >= 0.6 is 0 Å². The molecule has 0 radical (unpaired) electrons. The lowest BCUT2D eigenvalue weighted by atomic mass is 10.2. The number of hydrogen-bond donors (Lipinski definition) is 2. The largest absolute Gasteiger partial charge is 0.497 e. The molecule has 2 aromatic rings. The molecule has 0 saturated carbocycles. The Morgan fingerprint density at radius 1 is 1.16 bits per heavy atom. The number of carbonyl (C=O) groups is 1. The van der Waals surface area contributed by atoms with E-state index in [1.165, 1.54) is 6.20 Å². The van der Waals surface area contributed by atoms with Crippen molar-refractivity contribution < 1.29 is 14.3 Å². The molecule has 7 nitrogen and oxygen atoms in total. The molecular formula is C18H24N4O3. The number of benzene rings is 1. The van der Waals surface area contributed by atoms with Crippen LogP contribution in [0.5, 0.6) is 11.5 Å². The van der Waals surface area contributed by atoms with Crippen molar-refractivity contribution in [3.8, 4) is 11.5 Å². The highest BCUT2D eigenvalue weighted by atomic mass is 16.5. The van der Waals surface area contributed by atoms with Gasteiger partial charge >= 0.3 is 0 Å². The summed E-state index contributed by atoms with van der Waals surface area (Å²) in [6.07, 6.45) is 3.87. The van der Waals surface area contributed by atoms with Gasteiger partial charge in [0, 0.05) is 6.04 Å². The summed E-state index contributed by atoms with van der Waals surface area (Å²) in [6, 6.07) is 7.50. The summed E-state index contributed by atoms with van der Waals surface area (Å²) in [6.45, 7) is 5.01. The third-order valence-corrected chi connectivity index (χ3v) is 3.61. The zero-order chi connectivity index (χ0) is 18.1. The SMILES string of the molecule is CCC(C)NC(=O)c1cnc(NCCOc2ccc(OC)cc2)cn1. The van der Waals surface area contributed by atoms with E-state index in [2.05, 4.69) is 20.6 Å². The average Bonchev–Trinajstić information content (AvgIpc) is 2.66. The van der Waals surface area contributed by atoms with E-state index in [0.29, 0.717) is 24.7 Å². The van der Waals surface area contributed by atoms with Gasteiger partial charge in [0.15, 0.2) is 0 Å². The lowest BCUT2D eigenvalue weighted by Crippen LogP contribution is -2.32. The fourth-order valence-corrected chi connectivity index (χ4v) is 1.96. The summed E-state index contributed by atoms with van der Waals surface area (Å²) in [5, 5.41) is 5.95. The van der Waals surface area contributed by atoms with Gasteiger partial charge in [-0.15, -0.1) is 0 Å². The Bertz CT molecular complexity index is 659. The third-order valence-electron chi connectivity index (χ3n) is 3.61. The van der Waals surface area contributed by atoms with Crippen LogP contribution in [0.2, 0.25) is 0 Å². The topological polar surface area (TPSA) is 85.4 Å². The highest BCUT2D eigenvalue weighted by Crippen LogP contribution is 2.16. The minimum atomic E-state index is -0.212. The molecule has 1 aromatic heterocycles. The second-order valence-electron chi connectivity index (χ2n) is 5.52. The van der Waals surface area contributed by atoms with E-state index in [9.17, 15) is 4.79 Å². The second kappa shape index (κ2) is 9.46. The van der Waals surface area contributed by atoms with E-state index in [4.69, 9.17) is 9.47 Å². The molecule has 1 atom stereocenters. The van der Waals surface area contributed by atoms with Crippen LogP contribution in [0.25, 0.3) is 0 Å². The molecule has 1 aromatic carbocycles. The Morgan fingerprint density at radius 3 is 2.48 bits per heavy atom. The fraction of sp³-hybridized carbons (Fsp3) is 0.389. The van der Waals surface area contributed by atoms with Crippen molar-refractivity contribution in [2.45, 2.75) is 26.3 Å². The number of carbonyl (C=O) groups excluding carboxylic acids is 1. The van der Waals surface area contributed by atoms with Gasteiger partial charge in [0.25, 0.3) is 5.91 Å². The molecule has 2 N–H and O–H groups in total. The van der Waals surface area contributed by atoms with E-state index in [0.717, 1.165) is 17.9 Å². The van der Waals surface area contributed by atoms with Crippen molar-refractivity contribution in [3.63, 3.8) is 0 Å². The number of hydrogen-bond acceptors (Lipinski definition) is 6. The van der Waals surface area contributed by atoms with Crippen molar-refractivity contribution in [2.75, 3.05) is 25.6 Å². The van der Waals surface area contributed by atoms with Crippen molar-refractivity contribution in [1.29, 1.82) is 0 Å². The summed E-state index contributed by atoms with van der Waals surface area (Å²) in [5.74, 6) is 1.94. The summed E-state index contributed by atoms with van der Waals surface area (Å²) < 4.78 is 10.7. The number of nitrogens with one attached hydrogen (secondary N) is 2. The van der Waals surface area contributed by atoms with Crippen molar-refractivity contribution in [1.82, 2.24) is 15.3 Å². The normalized spacial score (nSPS) is 11.5. The van der Waals surface area contributed by atoms with E-state index in [1.54, 1.807) is 13.3 Å². The first-order valence-electron chi connectivity index (χ1n) is 8.26. The molecule has 0 bridgehead atoms. The maximum atomic E-state index is 11.9. The van der Waals surface area contributed by atoms with Crippen LogP contribution < -0.4 is 20.1 Å². The first kappa shape index (κ1) is 18.5.